The van der Waals surface area contributed by atoms with Gasteiger partial charge in [0.15, 0.2) is 0 Å². The predicted molar refractivity (Wildman–Crippen MR) is 65.1 cm³/mol. The summed E-state index contributed by atoms with van der Waals surface area (Å²) in [5.74, 6) is 0.788. The Morgan fingerprint density at radius 1 is 1.47 bits per heavy atom. The first-order chi connectivity index (χ1) is 8.29. The molecule has 0 saturated carbocycles. The molecule has 1 heterocycles. The summed E-state index contributed by atoms with van der Waals surface area (Å²) in [6.07, 6.45) is 5.54. The molecular weight excluding hydrogens is 216 g/mol. The van der Waals surface area contributed by atoms with Gasteiger partial charge in [0.1, 0.15) is 12.4 Å². The minimum atomic E-state index is 0.210. The van der Waals surface area contributed by atoms with E-state index < -0.39 is 0 Å². The summed E-state index contributed by atoms with van der Waals surface area (Å²) in [7, 11) is 0. The first-order valence-electron chi connectivity index (χ1n) is 6.03. The van der Waals surface area contributed by atoms with Crippen LogP contribution in [0.1, 0.15) is 30.4 Å². The summed E-state index contributed by atoms with van der Waals surface area (Å²) >= 11 is 0. The minimum Gasteiger partial charge on any atom is -0.491 e. The van der Waals surface area contributed by atoms with Crippen LogP contribution in [0.15, 0.2) is 18.2 Å². The fourth-order valence-electron chi connectivity index (χ4n) is 1.97. The first kappa shape index (κ1) is 12.1. The Labute approximate surface area is 102 Å². The monoisotopic (exact) mass is 233 g/mol. The SMILES string of the molecule is Cc1cc(OCC2CCCCO2)ccc1[C]=O. The minimum absolute atomic E-state index is 0.210. The van der Waals surface area contributed by atoms with Crippen molar-refractivity contribution in [1.29, 1.82) is 0 Å². The average Bonchev–Trinajstić information content (AvgIpc) is 2.38. The van der Waals surface area contributed by atoms with Crippen molar-refractivity contribution in [2.45, 2.75) is 32.3 Å². The molecule has 1 unspecified atom stereocenters. The third kappa shape index (κ3) is 3.30. The predicted octanol–water partition coefficient (Wildman–Crippen LogP) is 2.40. The van der Waals surface area contributed by atoms with Gasteiger partial charge in [-0.2, -0.15) is 0 Å². The van der Waals surface area contributed by atoms with Gasteiger partial charge < -0.3 is 9.47 Å². The van der Waals surface area contributed by atoms with Crippen LogP contribution < -0.4 is 4.74 Å². The van der Waals surface area contributed by atoms with Crippen molar-refractivity contribution in [2.75, 3.05) is 13.2 Å². The Hall–Kier alpha value is -1.35. The van der Waals surface area contributed by atoms with Crippen LogP contribution in [-0.4, -0.2) is 25.6 Å². The number of benzene rings is 1. The molecule has 3 nitrogen and oxygen atoms in total. The molecule has 1 saturated heterocycles. The number of rotatable bonds is 4. The summed E-state index contributed by atoms with van der Waals surface area (Å²) < 4.78 is 11.3. The lowest BCUT2D eigenvalue weighted by Crippen LogP contribution is -2.25. The van der Waals surface area contributed by atoms with E-state index >= 15 is 0 Å². The van der Waals surface area contributed by atoms with E-state index in [1.807, 2.05) is 19.3 Å². The van der Waals surface area contributed by atoms with Gasteiger partial charge in [0, 0.05) is 12.2 Å². The Balaban J connectivity index is 1.90. The second kappa shape index (κ2) is 5.82. The van der Waals surface area contributed by atoms with Crippen LogP contribution in [-0.2, 0) is 9.53 Å². The molecule has 1 aromatic rings. The number of hydrogen-bond donors (Lipinski definition) is 0. The summed E-state index contributed by atoms with van der Waals surface area (Å²) in [4.78, 5) is 10.6. The molecule has 0 aromatic heterocycles. The molecule has 0 aliphatic carbocycles. The van der Waals surface area contributed by atoms with Gasteiger partial charge >= 0.3 is 0 Å². The molecule has 1 atom stereocenters. The Morgan fingerprint density at radius 2 is 2.35 bits per heavy atom. The maximum atomic E-state index is 10.6. The molecule has 1 aliphatic heterocycles. The second-order valence-electron chi connectivity index (χ2n) is 4.38. The van der Waals surface area contributed by atoms with Crippen LogP contribution in [0.3, 0.4) is 0 Å². The van der Waals surface area contributed by atoms with E-state index in [1.54, 1.807) is 12.1 Å². The highest BCUT2D eigenvalue weighted by molar-refractivity contribution is 5.77. The molecule has 3 heteroatoms. The molecule has 0 spiro atoms. The van der Waals surface area contributed by atoms with Crippen molar-refractivity contribution in [3.8, 4) is 5.75 Å². The van der Waals surface area contributed by atoms with Gasteiger partial charge in [-0.25, -0.2) is 0 Å². The first-order valence-corrected chi connectivity index (χ1v) is 6.03. The maximum absolute atomic E-state index is 10.6. The molecule has 2 rings (SSSR count). The summed E-state index contributed by atoms with van der Waals surface area (Å²) in [6, 6.07) is 5.40. The maximum Gasteiger partial charge on any atom is 0.233 e. The van der Waals surface area contributed by atoms with Gasteiger partial charge in [-0.05, 0) is 49.9 Å². The molecule has 0 bridgehead atoms. The Kier molecular flexibility index (Phi) is 4.15. The van der Waals surface area contributed by atoms with Crippen LogP contribution in [0.2, 0.25) is 0 Å². The van der Waals surface area contributed by atoms with Crippen LogP contribution in [0.5, 0.6) is 5.75 Å². The van der Waals surface area contributed by atoms with E-state index in [0.717, 1.165) is 30.8 Å². The van der Waals surface area contributed by atoms with Gasteiger partial charge in [0.05, 0.1) is 6.10 Å². The number of carbonyl (C=O) groups excluding carboxylic acids is 1. The molecule has 17 heavy (non-hydrogen) atoms. The third-order valence-electron chi connectivity index (χ3n) is 3.02. The second-order valence-corrected chi connectivity index (χ2v) is 4.38. The Bertz CT molecular complexity index is 381. The number of hydrogen-bond acceptors (Lipinski definition) is 3. The van der Waals surface area contributed by atoms with Gasteiger partial charge in [0.25, 0.3) is 0 Å². The molecule has 0 amide bonds. The highest BCUT2D eigenvalue weighted by Gasteiger charge is 2.14. The third-order valence-corrected chi connectivity index (χ3v) is 3.02. The molecule has 1 fully saturated rings. The van der Waals surface area contributed by atoms with E-state index in [0.29, 0.717) is 12.2 Å². The fraction of sp³-hybridized carbons (Fsp3) is 0.500. The highest BCUT2D eigenvalue weighted by Crippen LogP contribution is 2.18. The van der Waals surface area contributed by atoms with Crippen molar-refractivity contribution in [3.05, 3.63) is 29.3 Å². The van der Waals surface area contributed by atoms with E-state index in [4.69, 9.17) is 9.47 Å². The Morgan fingerprint density at radius 3 is 3.00 bits per heavy atom. The summed E-state index contributed by atoms with van der Waals surface area (Å²) in [5, 5.41) is 0. The molecular formula is C14H17O3. The average molecular weight is 233 g/mol. The van der Waals surface area contributed by atoms with Crippen molar-refractivity contribution < 1.29 is 14.3 Å². The van der Waals surface area contributed by atoms with Gasteiger partial charge in [0.2, 0.25) is 6.29 Å². The van der Waals surface area contributed by atoms with Crippen LogP contribution in [0, 0.1) is 6.92 Å². The lowest BCUT2D eigenvalue weighted by atomic mass is 10.1. The molecule has 1 aliphatic rings. The fourth-order valence-corrected chi connectivity index (χ4v) is 1.97. The molecule has 91 valence electrons. The quantitative estimate of drug-likeness (QED) is 0.801. The van der Waals surface area contributed by atoms with Crippen molar-refractivity contribution >= 4 is 6.29 Å². The van der Waals surface area contributed by atoms with Crippen LogP contribution in [0.4, 0.5) is 0 Å². The smallest absolute Gasteiger partial charge is 0.233 e. The summed E-state index contributed by atoms with van der Waals surface area (Å²) in [6.45, 7) is 3.31. The standard InChI is InChI=1S/C14H17O3/c1-11-8-13(6-5-12(11)9-15)17-10-14-4-2-3-7-16-14/h5-6,8,14H,2-4,7,10H2,1H3. The van der Waals surface area contributed by atoms with Crippen molar-refractivity contribution in [3.63, 3.8) is 0 Å². The van der Waals surface area contributed by atoms with Gasteiger partial charge in [-0.3, -0.25) is 4.79 Å². The number of aryl methyl sites for hydroxylation is 1. The zero-order valence-electron chi connectivity index (χ0n) is 10.1. The highest BCUT2D eigenvalue weighted by atomic mass is 16.5. The molecule has 0 N–H and O–H groups in total. The largest absolute Gasteiger partial charge is 0.491 e. The zero-order valence-corrected chi connectivity index (χ0v) is 10.1. The lowest BCUT2D eigenvalue weighted by molar-refractivity contribution is -0.0110. The number of ether oxygens (including phenoxy) is 2. The summed E-state index contributed by atoms with van der Waals surface area (Å²) in [5.41, 5.74) is 1.48. The van der Waals surface area contributed by atoms with E-state index in [9.17, 15) is 4.79 Å². The van der Waals surface area contributed by atoms with Crippen molar-refractivity contribution in [1.82, 2.24) is 0 Å². The normalized spacial score (nSPS) is 19.9. The zero-order chi connectivity index (χ0) is 12.1. The van der Waals surface area contributed by atoms with Crippen molar-refractivity contribution in [2.24, 2.45) is 0 Å². The van der Waals surface area contributed by atoms with Crippen LogP contribution in [0.25, 0.3) is 0 Å². The van der Waals surface area contributed by atoms with Crippen LogP contribution >= 0.6 is 0 Å². The van der Waals surface area contributed by atoms with Gasteiger partial charge in [-0.1, -0.05) is 0 Å². The lowest BCUT2D eigenvalue weighted by Gasteiger charge is -2.22. The van der Waals surface area contributed by atoms with E-state index in [-0.39, 0.29) is 6.10 Å². The van der Waals surface area contributed by atoms with E-state index in [1.165, 1.54) is 6.42 Å². The van der Waals surface area contributed by atoms with E-state index in [2.05, 4.69) is 0 Å². The topological polar surface area (TPSA) is 35.5 Å². The molecule has 1 aromatic carbocycles. The molecule has 1 radical (unpaired) electrons. The van der Waals surface area contributed by atoms with Gasteiger partial charge in [-0.15, -0.1) is 0 Å².